The van der Waals surface area contributed by atoms with Gasteiger partial charge < -0.3 is 5.11 Å². The fourth-order valence-electron chi connectivity index (χ4n) is 0.0478. The van der Waals surface area contributed by atoms with Crippen molar-refractivity contribution in [3.8, 4) is 6.07 Å². The number of carboxylic acid groups (broad SMARTS) is 1. The monoisotopic (exact) mass is 140 g/mol. The molecule has 0 heterocycles. The second-order valence-electron chi connectivity index (χ2n) is 0.998. The second kappa shape index (κ2) is 7.08. The molecule has 0 spiro atoms. The van der Waals surface area contributed by atoms with Crippen LogP contribution in [0.5, 0.6) is 0 Å². The third kappa shape index (κ3) is 9.43. The predicted molar refractivity (Wildman–Crippen MR) is 30.8 cm³/mol. The molecule has 5 heteroatoms. The van der Waals surface area contributed by atoms with E-state index in [4.69, 9.17) is 20.6 Å². The third-order valence-corrected chi connectivity index (χ3v) is 0.393. The minimum atomic E-state index is -1.26. The molecular formula is C5H4N2O3. The molecule has 0 aliphatic rings. The van der Waals surface area contributed by atoms with Gasteiger partial charge in [0.1, 0.15) is 11.6 Å². The zero-order chi connectivity index (χ0) is 8.57. The molecule has 0 saturated carbocycles. The Bertz CT molecular complexity index is 207. The first-order valence-electron chi connectivity index (χ1n) is 1.96. The van der Waals surface area contributed by atoms with Gasteiger partial charge in [-0.1, -0.05) is 6.58 Å². The lowest BCUT2D eigenvalue weighted by Gasteiger charge is -1.76. The highest BCUT2D eigenvalue weighted by Gasteiger charge is 1.97. The van der Waals surface area contributed by atoms with Crippen LogP contribution in [0.3, 0.4) is 0 Å². The van der Waals surface area contributed by atoms with Crippen molar-refractivity contribution in [2.75, 3.05) is 0 Å². The maximum atomic E-state index is 9.61. The summed E-state index contributed by atoms with van der Waals surface area (Å²) in [4.78, 5) is 18.0. The SMILES string of the molecule is C=C(C#N)C(=O)O.N=C=O. The Balaban J connectivity index is 0. The number of nitrogens with one attached hydrogen (secondary N) is 1. The Hall–Kier alpha value is -1.92. The molecule has 0 saturated heterocycles. The van der Waals surface area contributed by atoms with Gasteiger partial charge in [-0.3, -0.25) is 0 Å². The van der Waals surface area contributed by atoms with Crippen molar-refractivity contribution in [2.24, 2.45) is 0 Å². The zero-order valence-corrected chi connectivity index (χ0v) is 4.92. The molecule has 0 bridgehead atoms. The first-order valence-corrected chi connectivity index (χ1v) is 1.96. The highest BCUT2D eigenvalue weighted by molar-refractivity contribution is 5.90. The Morgan fingerprint density at radius 1 is 1.70 bits per heavy atom. The normalized spacial score (nSPS) is 5.50. The van der Waals surface area contributed by atoms with Gasteiger partial charge in [0, 0.05) is 0 Å². The summed E-state index contributed by atoms with van der Waals surface area (Å²) in [5.74, 6) is -1.26. The minimum Gasteiger partial charge on any atom is -0.477 e. The maximum Gasteiger partial charge on any atom is 0.345 e. The van der Waals surface area contributed by atoms with Crippen molar-refractivity contribution in [3.63, 3.8) is 0 Å². The van der Waals surface area contributed by atoms with Gasteiger partial charge in [-0.2, -0.15) is 5.26 Å². The van der Waals surface area contributed by atoms with Gasteiger partial charge in [0.15, 0.2) is 0 Å². The lowest BCUT2D eigenvalue weighted by atomic mass is 10.4. The number of hydrogen-bond acceptors (Lipinski definition) is 4. The Kier molecular flexibility index (Phi) is 7.76. The van der Waals surface area contributed by atoms with Crippen molar-refractivity contribution in [2.45, 2.75) is 0 Å². The van der Waals surface area contributed by atoms with Gasteiger partial charge >= 0.3 is 5.97 Å². The number of carbonyl (C=O) groups excluding carboxylic acids is 1. The van der Waals surface area contributed by atoms with Gasteiger partial charge in [0.05, 0.1) is 0 Å². The van der Waals surface area contributed by atoms with Crippen LogP contribution in [0.25, 0.3) is 0 Å². The number of carbonyl (C=O) groups is 1. The van der Waals surface area contributed by atoms with Gasteiger partial charge in [0.2, 0.25) is 6.08 Å². The van der Waals surface area contributed by atoms with Crippen molar-refractivity contribution >= 4 is 12.0 Å². The largest absolute Gasteiger partial charge is 0.477 e. The molecule has 0 rings (SSSR count). The molecule has 0 atom stereocenters. The second-order valence-corrected chi connectivity index (χ2v) is 0.998. The van der Waals surface area contributed by atoms with E-state index >= 15 is 0 Å². The van der Waals surface area contributed by atoms with Crippen LogP contribution in [0.4, 0.5) is 0 Å². The van der Waals surface area contributed by atoms with Crippen LogP contribution >= 0.6 is 0 Å². The molecule has 0 aromatic carbocycles. The quantitative estimate of drug-likeness (QED) is 0.232. The standard InChI is InChI=1S/C4H3NO2.CHNO/c1-3(2-5)4(6)7;2-1-3/h1H2,(H,6,7);2H. The summed E-state index contributed by atoms with van der Waals surface area (Å²) >= 11 is 0. The van der Waals surface area contributed by atoms with Crippen molar-refractivity contribution in [3.05, 3.63) is 12.2 Å². The van der Waals surface area contributed by atoms with E-state index in [0.29, 0.717) is 0 Å². The number of nitriles is 1. The molecule has 0 aliphatic carbocycles. The first kappa shape index (κ1) is 11.0. The molecule has 52 valence electrons. The van der Waals surface area contributed by atoms with Gasteiger partial charge in [-0.25, -0.2) is 15.0 Å². The van der Waals surface area contributed by atoms with E-state index in [9.17, 15) is 4.79 Å². The highest BCUT2D eigenvalue weighted by atomic mass is 16.4. The molecule has 0 unspecified atom stereocenters. The molecular weight excluding hydrogens is 136 g/mol. The Morgan fingerprint density at radius 2 is 2.00 bits per heavy atom. The smallest absolute Gasteiger partial charge is 0.345 e. The lowest BCUT2D eigenvalue weighted by molar-refractivity contribution is -0.132. The van der Waals surface area contributed by atoms with Crippen molar-refractivity contribution in [1.82, 2.24) is 0 Å². The summed E-state index contributed by atoms with van der Waals surface area (Å²) in [7, 11) is 0. The average Bonchev–Trinajstić information content (AvgIpc) is 1.88. The fourth-order valence-corrected chi connectivity index (χ4v) is 0.0478. The van der Waals surface area contributed by atoms with Crippen LogP contribution in [0.2, 0.25) is 0 Å². The number of nitrogens with zero attached hydrogens (tertiary/aromatic N) is 1. The Labute approximate surface area is 56.7 Å². The summed E-state index contributed by atoms with van der Waals surface area (Å²) in [6, 6.07) is 1.37. The maximum absolute atomic E-state index is 9.61. The number of rotatable bonds is 1. The summed E-state index contributed by atoms with van der Waals surface area (Å²) in [6.07, 6.45) is 0.750. The molecule has 0 fully saturated rings. The number of aliphatic carboxylic acids is 1. The highest BCUT2D eigenvalue weighted by Crippen LogP contribution is 1.81. The number of hydrogen-bond donors (Lipinski definition) is 2. The summed E-state index contributed by atoms with van der Waals surface area (Å²) in [5, 5.41) is 21.0. The van der Waals surface area contributed by atoms with Crippen LogP contribution in [-0.2, 0) is 9.59 Å². The molecule has 0 aromatic heterocycles. The fraction of sp³-hybridized carbons (Fsp3) is 0. The van der Waals surface area contributed by atoms with Gasteiger partial charge in [0.25, 0.3) is 0 Å². The summed E-state index contributed by atoms with van der Waals surface area (Å²) in [6.45, 7) is 2.91. The van der Waals surface area contributed by atoms with Crippen LogP contribution < -0.4 is 0 Å². The Morgan fingerprint density at radius 3 is 2.00 bits per heavy atom. The van der Waals surface area contributed by atoms with Crippen LogP contribution in [-0.4, -0.2) is 17.2 Å². The van der Waals surface area contributed by atoms with Crippen LogP contribution in [0.15, 0.2) is 12.2 Å². The average molecular weight is 140 g/mol. The van der Waals surface area contributed by atoms with E-state index in [1.54, 1.807) is 0 Å². The van der Waals surface area contributed by atoms with Gasteiger partial charge in [-0.15, -0.1) is 0 Å². The first-order chi connectivity index (χ1) is 4.59. The molecule has 0 amide bonds. The van der Waals surface area contributed by atoms with Crippen LogP contribution in [0.1, 0.15) is 0 Å². The number of isocyanates is 1. The molecule has 0 radical (unpaired) electrons. The third-order valence-electron chi connectivity index (χ3n) is 0.393. The van der Waals surface area contributed by atoms with E-state index in [-0.39, 0.29) is 0 Å². The molecule has 10 heavy (non-hydrogen) atoms. The van der Waals surface area contributed by atoms with E-state index in [2.05, 4.69) is 6.58 Å². The minimum absolute atomic E-state index is 0.431. The van der Waals surface area contributed by atoms with Crippen LogP contribution in [0, 0.1) is 16.7 Å². The summed E-state index contributed by atoms with van der Waals surface area (Å²) in [5.41, 5.74) is -0.431. The molecule has 5 nitrogen and oxygen atoms in total. The molecule has 0 aromatic rings. The van der Waals surface area contributed by atoms with Crippen molar-refractivity contribution < 1.29 is 14.7 Å². The topological polar surface area (TPSA) is 102 Å². The zero-order valence-electron chi connectivity index (χ0n) is 4.92. The molecule has 2 N–H and O–H groups in total. The van der Waals surface area contributed by atoms with Crippen molar-refractivity contribution in [1.29, 1.82) is 10.7 Å². The number of carboxylic acids is 1. The lowest BCUT2D eigenvalue weighted by Crippen LogP contribution is -1.94. The predicted octanol–water partition coefficient (Wildman–Crippen LogP) is 0.0517. The van der Waals surface area contributed by atoms with E-state index < -0.39 is 11.5 Å². The molecule has 0 aliphatic heterocycles. The summed E-state index contributed by atoms with van der Waals surface area (Å²) < 4.78 is 0. The van der Waals surface area contributed by atoms with E-state index in [1.807, 2.05) is 0 Å². The van der Waals surface area contributed by atoms with Gasteiger partial charge in [-0.05, 0) is 0 Å². The van der Waals surface area contributed by atoms with E-state index in [1.165, 1.54) is 6.07 Å². The van der Waals surface area contributed by atoms with E-state index in [0.717, 1.165) is 6.08 Å².